The van der Waals surface area contributed by atoms with Crippen LogP contribution in [0.4, 0.5) is 5.13 Å². The van der Waals surface area contributed by atoms with E-state index in [1.165, 1.54) is 37.0 Å². The molecule has 1 N–H and O–H groups in total. The van der Waals surface area contributed by atoms with Crippen LogP contribution < -0.4 is 5.32 Å². The van der Waals surface area contributed by atoms with Gasteiger partial charge >= 0.3 is 0 Å². The number of nitrogens with zero attached hydrogens (tertiary/aromatic N) is 4. The number of nitrogens with one attached hydrogen (secondary N) is 1. The molecule has 0 saturated heterocycles. The fraction of sp³-hybridized carbons (Fsp3) is 0.615. The number of aryl methyl sites for hydroxylation is 1. The summed E-state index contributed by atoms with van der Waals surface area (Å²) in [5, 5.41) is 15.5. The van der Waals surface area contributed by atoms with Crippen molar-refractivity contribution < 1.29 is 4.79 Å². The zero-order valence-corrected chi connectivity index (χ0v) is 14.7. The van der Waals surface area contributed by atoms with Crippen LogP contribution in [0.1, 0.15) is 48.0 Å². The molecule has 0 bridgehead atoms. The summed E-state index contributed by atoms with van der Waals surface area (Å²) in [5.74, 6) is 1.71. The number of carbonyl (C=O) groups excluding carboxylic acids is 1. The summed E-state index contributed by atoms with van der Waals surface area (Å²) in [6.07, 6.45) is 6.05. The molecular formula is C13H17N5OS3. The number of hydrogen-bond donors (Lipinski definition) is 1. The van der Waals surface area contributed by atoms with Crippen molar-refractivity contribution in [1.82, 2.24) is 19.8 Å². The fourth-order valence-corrected chi connectivity index (χ4v) is 5.06. The molecule has 0 atom stereocenters. The van der Waals surface area contributed by atoms with Crippen molar-refractivity contribution >= 4 is 45.7 Å². The van der Waals surface area contributed by atoms with Crippen LogP contribution in [0.25, 0.3) is 0 Å². The van der Waals surface area contributed by atoms with Crippen LogP contribution in [-0.2, 0) is 6.42 Å². The third-order valence-electron chi connectivity index (χ3n) is 3.64. The normalized spacial score (nSPS) is 15.3. The molecule has 0 radical (unpaired) electrons. The Balaban J connectivity index is 1.55. The zero-order valence-electron chi connectivity index (χ0n) is 12.2. The largest absolute Gasteiger partial charge is 0.296 e. The Kier molecular flexibility index (Phi) is 5.37. The van der Waals surface area contributed by atoms with Gasteiger partial charge in [-0.25, -0.2) is 0 Å². The van der Waals surface area contributed by atoms with Crippen LogP contribution >= 0.6 is 34.6 Å². The second-order valence-corrected chi connectivity index (χ2v) is 8.19. The summed E-state index contributed by atoms with van der Waals surface area (Å²) < 4.78 is 4.75. The van der Waals surface area contributed by atoms with Crippen LogP contribution in [0.15, 0.2) is 4.34 Å². The van der Waals surface area contributed by atoms with Gasteiger partial charge in [-0.2, -0.15) is 0 Å². The number of anilines is 1. The Morgan fingerprint density at radius 2 is 2.14 bits per heavy atom. The van der Waals surface area contributed by atoms with E-state index in [-0.39, 0.29) is 5.91 Å². The predicted molar refractivity (Wildman–Crippen MR) is 89.8 cm³/mol. The Morgan fingerprint density at radius 3 is 2.91 bits per heavy atom. The molecule has 2 heterocycles. The highest BCUT2D eigenvalue weighted by Crippen LogP contribution is 2.33. The van der Waals surface area contributed by atoms with Crippen LogP contribution in [-0.4, -0.2) is 31.4 Å². The zero-order chi connectivity index (χ0) is 15.4. The molecule has 0 aliphatic heterocycles. The molecule has 0 spiro atoms. The van der Waals surface area contributed by atoms with E-state index < -0.39 is 0 Å². The average molecular weight is 356 g/mol. The first-order valence-corrected chi connectivity index (χ1v) is 9.92. The lowest BCUT2D eigenvalue weighted by Gasteiger charge is -2.04. The van der Waals surface area contributed by atoms with Crippen molar-refractivity contribution in [2.24, 2.45) is 5.92 Å². The predicted octanol–water partition coefficient (Wildman–Crippen LogP) is 3.49. The van der Waals surface area contributed by atoms with Gasteiger partial charge in [0, 0.05) is 5.75 Å². The molecule has 2 aromatic heterocycles. The summed E-state index contributed by atoms with van der Waals surface area (Å²) in [6, 6.07) is 0. The molecule has 9 heteroatoms. The first-order chi connectivity index (χ1) is 10.8. The lowest BCUT2D eigenvalue weighted by Crippen LogP contribution is -2.12. The number of carbonyl (C=O) groups is 1. The van der Waals surface area contributed by atoms with Crippen molar-refractivity contribution in [3.63, 3.8) is 0 Å². The summed E-state index contributed by atoms with van der Waals surface area (Å²) in [7, 11) is 0. The van der Waals surface area contributed by atoms with E-state index in [1.54, 1.807) is 11.8 Å². The second kappa shape index (κ2) is 7.47. The molecule has 2 aromatic rings. The quantitative estimate of drug-likeness (QED) is 0.631. The topological polar surface area (TPSA) is 80.7 Å². The summed E-state index contributed by atoms with van der Waals surface area (Å²) in [5.41, 5.74) is 0.725. The number of aromatic nitrogens is 4. The van der Waals surface area contributed by atoms with Gasteiger partial charge in [0.15, 0.2) is 4.34 Å². The number of amides is 1. The highest BCUT2D eigenvalue weighted by atomic mass is 32.2. The van der Waals surface area contributed by atoms with E-state index >= 15 is 0 Å². The van der Waals surface area contributed by atoms with Gasteiger partial charge in [-0.05, 0) is 36.7 Å². The van der Waals surface area contributed by atoms with Gasteiger partial charge in [-0.15, -0.1) is 15.3 Å². The molecule has 3 rings (SSSR count). The molecule has 0 aromatic carbocycles. The minimum absolute atomic E-state index is 0.199. The number of rotatable bonds is 6. The molecule has 118 valence electrons. The van der Waals surface area contributed by atoms with E-state index in [0.29, 0.717) is 16.4 Å². The van der Waals surface area contributed by atoms with Gasteiger partial charge in [0.2, 0.25) is 5.13 Å². The molecule has 6 nitrogen and oxygen atoms in total. The Bertz CT molecular complexity index is 635. The monoisotopic (exact) mass is 355 g/mol. The van der Waals surface area contributed by atoms with Gasteiger partial charge in [-0.1, -0.05) is 47.4 Å². The summed E-state index contributed by atoms with van der Waals surface area (Å²) in [4.78, 5) is 12.7. The van der Waals surface area contributed by atoms with Crippen LogP contribution in [0, 0.1) is 5.92 Å². The molecule has 22 heavy (non-hydrogen) atoms. The van der Waals surface area contributed by atoms with Gasteiger partial charge in [0.1, 0.15) is 4.88 Å². The standard InChI is InChI=1S/C13H17N5OS3/c1-2-9-10(22-18-15-9)11(19)14-12-16-17-13(21-12)20-7-8-5-3-4-6-8/h8H,2-7H2,1H3,(H,14,16,19). The third-order valence-corrected chi connectivity index (χ3v) is 6.61. The van der Waals surface area contributed by atoms with E-state index in [9.17, 15) is 4.79 Å². The first kappa shape index (κ1) is 15.8. The third kappa shape index (κ3) is 3.82. The molecule has 1 aliphatic carbocycles. The molecule has 1 amide bonds. The maximum absolute atomic E-state index is 12.2. The van der Waals surface area contributed by atoms with E-state index in [2.05, 4.69) is 25.1 Å². The average Bonchev–Trinajstić information content (AvgIpc) is 3.26. The van der Waals surface area contributed by atoms with E-state index in [4.69, 9.17) is 0 Å². The maximum atomic E-state index is 12.2. The smallest absolute Gasteiger partial charge is 0.271 e. The number of hydrogen-bond acceptors (Lipinski definition) is 8. The van der Waals surface area contributed by atoms with E-state index in [1.807, 2.05) is 6.92 Å². The Labute approximate surface area is 141 Å². The Hall–Kier alpha value is -1.06. The highest BCUT2D eigenvalue weighted by Gasteiger charge is 2.18. The van der Waals surface area contributed by atoms with Gasteiger partial charge in [0.25, 0.3) is 5.91 Å². The van der Waals surface area contributed by atoms with Crippen molar-refractivity contribution in [3.8, 4) is 0 Å². The van der Waals surface area contributed by atoms with Gasteiger partial charge in [0.05, 0.1) is 5.69 Å². The summed E-state index contributed by atoms with van der Waals surface area (Å²) >= 11 is 4.28. The Morgan fingerprint density at radius 1 is 1.32 bits per heavy atom. The minimum atomic E-state index is -0.199. The SMILES string of the molecule is CCc1nnsc1C(=O)Nc1nnc(SCC2CCCC2)s1. The molecular weight excluding hydrogens is 338 g/mol. The lowest BCUT2D eigenvalue weighted by atomic mass is 10.1. The van der Waals surface area contributed by atoms with Crippen molar-refractivity contribution in [3.05, 3.63) is 10.6 Å². The number of thioether (sulfide) groups is 1. The summed E-state index contributed by atoms with van der Waals surface area (Å²) in [6.45, 7) is 1.95. The van der Waals surface area contributed by atoms with Gasteiger partial charge in [-0.3, -0.25) is 10.1 Å². The fourth-order valence-electron chi connectivity index (χ4n) is 2.45. The van der Waals surface area contributed by atoms with Crippen LogP contribution in [0.2, 0.25) is 0 Å². The van der Waals surface area contributed by atoms with Crippen molar-refractivity contribution in [2.75, 3.05) is 11.1 Å². The van der Waals surface area contributed by atoms with Crippen molar-refractivity contribution in [1.29, 1.82) is 0 Å². The van der Waals surface area contributed by atoms with E-state index in [0.717, 1.165) is 33.2 Å². The maximum Gasteiger partial charge on any atom is 0.271 e. The van der Waals surface area contributed by atoms with Crippen molar-refractivity contribution in [2.45, 2.75) is 43.4 Å². The van der Waals surface area contributed by atoms with Gasteiger partial charge < -0.3 is 0 Å². The van der Waals surface area contributed by atoms with Crippen LogP contribution in [0.5, 0.6) is 0 Å². The molecule has 1 fully saturated rings. The minimum Gasteiger partial charge on any atom is -0.296 e. The lowest BCUT2D eigenvalue weighted by molar-refractivity contribution is 0.102. The highest BCUT2D eigenvalue weighted by molar-refractivity contribution is 8.01. The molecule has 1 saturated carbocycles. The molecule has 1 aliphatic rings. The second-order valence-electron chi connectivity index (χ2n) is 5.19. The first-order valence-electron chi connectivity index (χ1n) is 7.35. The molecule has 0 unspecified atom stereocenters. The van der Waals surface area contributed by atoms with Crippen LogP contribution in [0.3, 0.4) is 0 Å².